The van der Waals surface area contributed by atoms with Crippen LogP contribution < -0.4 is 5.73 Å². The van der Waals surface area contributed by atoms with Crippen LogP contribution in [0.5, 0.6) is 0 Å². The van der Waals surface area contributed by atoms with E-state index in [9.17, 15) is 0 Å². The van der Waals surface area contributed by atoms with Crippen molar-refractivity contribution in [1.82, 2.24) is 4.98 Å². The van der Waals surface area contributed by atoms with Gasteiger partial charge in [-0.1, -0.05) is 30.3 Å². The zero-order chi connectivity index (χ0) is 12.8. The molecule has 2 aromatic rings. The van der Waals surface area contributed by atoms with Crippen LogP contribution in [0.25, 0.3) is 0 Å². The van der Waals surface area contributed by atoms with Crippen molar-refractivity contribution < 1.29 is 4.74 Å². The third kappa shape index (κ3) is 3.38. The van der Waals surface area contributed by atoms with E-state index >= 15 is 0 Å². The van der Waals surface area contributed by atoms with Crippen molar-refractivity contribution in [3.8, 4) is 0 Å². The first kappa shape index (κ1) is 13.2. The SMILES string of the molecule is CCOC(c1ccccc1)C(N)Cc1cncs1. The van der Waals surface area contributed by atoms with Gasteiger partial charge in [0.05, 0.1) is 11.6 Å². The molecule has 0 aliphatic rings. The van der Waals surface area contributed by atoms with Crippen molar-refractivity contribution in [3.63, 3.8) is 0 Å². The average molecular weight is 262 g/mol. The molecule has 1 heterocycles. The number of thiazole rings is 1. The zero-order valence-electron chi connectivity index (χ0n) is 10.5. The standard InChI is InChI=1S/C14H18N2OS/c1-2-17-14(11-6-4-3-5-7-11)13(15)8-12-9-16-10-18-12/h3-7,9-10,13-14H,2,8,15H2,1H3. The first-order valence-electron chi connectivity index (χ1n) is 6.10. The Morgan fingerprint density at radius 3 is 2.72 bits per heavy atom. The van der Waals surface area contributed by atoms with Crippen LogP contribution in [0.15, 0.2) is 42.0 Å². The van der Waals surface area contributed by atoms with Gasteiger partial charge in [0.2, 0.25) is 0 Å². The van der Waals surface area contributed by atoms with E-state index in [4.69, 9.17) is 10.5 Å². The second-order valence-corrected chi connectivity index (χ2v) is 5.09. The second kappa shape index (κ2) is 6.64. The predicted molar refractivity (Wildman–Crippen MR) is 74.6 cm³/mol. The van der Waals surface area contributed by atoms with Crippen LogP contribution in [0.2, 0.25) is 0 Å². The maximum absolute atomic E-state index is 6.28. The fourth-order valence-electron chi connectivity index (χ4n) is 1.97. The lowest BCUT2D eigenvalue weighted by Gasteiger charge is -2.23. The maximum Gasteiger partial charge on any atom is 0.0979 e. The van der Waals surface area contributed by atoms with Crippen molar-refractivity contribution in [2.24, 2.45) is 5.73 Å². The summed E-state index contributed by atoms with van der Waals surface area (Å²) in [5.74, 6) is 0. The van der Waals surface area contributed by atoms with Crippen LogP contribution in [-0.2, 0) is 11.2 Å². The van der Waals surface area contributed by atoms with Crippen LogP contribution in [0.3, 0.4) is 0 Å². The third-order valence-corrected chi connectivity index (χ3v) is 3.59. The van der Waals surface area contributed by atoms with E-state index in [2.05, 4.69) is 17.1 Å². The highest BCUT2D eigenvalue weighted by Crippen LogP contribution is 2.23. The van der Waals surface area contributed by atoms with Crippen LogP contribution >= 0.6 is 11.3 Å². The molecular formula is C14H18N2OS. The maximum atomic E-state index is 6.28. The highest BCUT2D eigenvalue weighted by atomic mass is 32.1. The Morgan fingerprint density at radius 2 is 2.11 bits per heavy atom. The number of aromatic nitrogens is 1. The molecule has 0 amide bonds. The smallest absolute Gasteiger partial charge is 0.0979 e. The molecule has 0 aliphatic heterocycles. The Hall–Kier alpha value is -1.23. The van der Waals surface area contributed by atoms with Crippen molar-refractivity contribution >= 4 is 11.3 Å². The Labute approximate surface area is 112 Å². The molecule has 2 rings (SSSR count). The van der Waals surface area contributed by atoms with Gasteiger partial charge in [-0.05, 0) is 12.5 Å². The molecule has 1 aromatic heterocycles. The molecule has 0 spiro atoms. The fourth-order valence-corrected chi connectivity index (χ4v) is 2.64. The Balaban J connectivity index is 2.09. The van der Waals surface area contributed by atoms with Crippen molar-refractivity contribution in [3.05, 3.63) is 52.5 Å². The average Bonchev–Trinajstić information content (AvgIpc) is 2.89. The summed E-state index contributed by atoms with van der Waals surface area (Å²) in [5.41, 5.74) is 9.25. The minimum atomic E-state index is -0.0571. The van der Waals surface area contributed by atoms with E-state index < -0.39 is 0 Å². The molecule has 0 aliphatic carbocycles. The number of nitrogens with two attached hydrogens (primary N) is 1. The van der Waals surface area contributed by atoms with Crippen LogP contribution in [0.4, 0.5) is 0 Å². The molecular weight excluding hydrogens is 244 g/mol. The molecule has 2 atom stereocenters. The zero-order valence-corrected chi connectivity index (χ0v) is 11.3. The Kier molecular flexibility index (Phi) is 4.87. The fraction of sp³-hybridized carbons (Fsp3) is 0.357. The molecule has 2 unspecified atom stereocenters. The number of benzene rings is 1. The molecule has 0 fully saturated rings. The minimum absolute atomic E-state index is 0.0483. The first-order chi connectivity index (χ1) is 8.81. The summed E-state index contributed by atoms with van der Waals surface area (Å²) in [4.78, 5) is 5.27. The van der Waals surface area contributed by atoms with Gasteiger partial charge in [-0.2, -0.15) is 0 Å². The molecule has 4 heteroatoms. The van der Waals surface area contributed by atoms with E-state index in [1.807, 2.05) is 36.8 Å². The molecule has 96 valence electrons. The number of rotatable bonds is 6. The van der Waals surface area contributed by atoms with Gasteiger partial charge in [-0.15, -0.1) is 11.3 Å². The summed E-state index contributed by atoms with van der Waals surface area (Å²) in [5, 5.41) is 0. The van der Waals surface area contributed by atoms with Gasteiger partial charge >= 0.3 is 0 Å². The van der Waals surface area contributed by atoms with E-state index in [-0.39, 0.29) is 12.1 Å². The van der Waals surface area contributed by atoms with Crippen molar-refractivity contribution in [2.75, 3.05) is 6.61 Å². The van der Waals surface area contributed by atoms with E-state index in [0.717, 1.165) is 12.0 Å². The Morgan fingerprint density at radius 1 is 1.33 bits per heavy atom. The molecule has 2 N–H and O–H groups in total. The van der Waals surface area contributed by atoms with E-state index in [1.54, 1.807) is 11.3 Å². The summed E-state index contributed by atoms with van der Waals surface area (Å²) in [6.45, 7) is 2.66. The molecule has 3 nitrogen and oxygen atoms in total. The molecule has 0 bridgehead atoms. The number of hydrogen-bond donors (Lipinski definition) is 1. The van der Waals surface area contributed by atoms with Gasteiger partial charge in [0, 0.05) is 30.1 Å². The summed E-state index contributed by atoms with van der Waals surface area (Å²) in [6, 6.07) is 10.1. The van der Waals surface area contributed by atoms with Crippen molar-refractivity contribution in [1.29, 1.82) is 0 Å². The van der Waals surface area contributed by atoms with Crippen LogP contribution in [0.1, 0.15) is 23.5 Å². The lowest BCUT2D eigenvalue weighted by atomic mass is 10.00. The topological polar surface area (TPSA) is 48.1 Å². The first-order valence-corrected chi connectivity index (χ1v) is 6.98. The monoisotopic (exact) mass is 262 g/mol. The second-order valence-electron chi connectivity index (χ2n) is 4.12. The van der Waals surface area contributed by atoms with E-state index in [0.29, 0.717) is 6.61 Å². The molecule has 0 saturated carbocycles. The van der Waals surface area contributed by atoms with Gasteiger partial charge in [0.25, 0.3) is 0 Å². The number of ether oxygens (including phenoxy) is 1. The summed E-state index contributed by atoms with van der Waals surface area (Å²) < 4.78 is 5.80. The molecule has 18 heavy (non-hydrogen) atoms. The summed E-state index contributed by atoms with van der Waals surface area (Å²) in [7, 11) is 0. The highest BCUT2D eigenvalue weighted by Gasteiger charge is 2.20. The van der Waals surface area contributed by atoms with E-state index in [1.165, 1.54) is 4.88 Å². The Bertz CT molecular complexity index is 444. The van der Waals surface area contributed by atoms with Gasteiger partial charge in [0.15, 0.2) is 0 Å². The van der Waals surface area contributed by atoms with Gasteiger partial charge in [0.1, 0.15) is 0 Å². The predicted octanol–water partition coefficient (Wildman–Crippen LogP) is 2.79. The number of hydrogen-bond acceptors (Lipinski definition) is 4. The summed E-state index contributed by atoms with van der Waals surface area (Å²) >= 11 is 1.64. The third-order valence-electron chi connectivity index (χ3n) is 2.78. The van der Waals surface area contributed by atoms with Gasteiger partial charge in [-0.25, -0.2) is 0 Å². The molecule has 1 aromatic carbocycles. The molecule has 0 radical (unpaired) electrons. The lowest BCUT2D eigenvalue weighted by Crippen LogP contribution is -2.32. The normalized spacial score (nSPS) is 14.3. The van der Waals surface area contributed by atoms with Gasteiger partial charge in [-0.3, -0.25) is 4.98 Å². The van der Waals surface area contributed by atoms with Crippen LogP contribution in [0, 0.1) is 0 Å². The highest BCUT2D eigenvalue weighted by molar-refractivity contribution is 7.09. The summed E-state index contributed by atoms with van der Waals surface area (Å²) in [6.07, 6.45) is 2.61. The quantitative estimate of drug-likeness (QED) is 0.871. The van der Waals surface area contributed by atoms with Gasteiger partial charge < -0.3 is 10.5 Å². The molecule has 0 saturated heterocycles. The minimum Gasteiger partial charge on any atom is -0.372 e. The largest absolute Gasteiger partial charge is 0.372 e. The van der Waals surface area contributed by atoms with Crippen LogP contribution in [-0.4, -0.2) is 17.6 Å². The van der Waals surface area contributed by atoms with Crippen molar-refractivity contribution in [2.45, 2.75) is 25.5 Å². The number of nitrogens with zero attached hydrogens (tertiary/aromatic N) is 1. The lowest BCUT2D eigenvalue weighted by molar-refractivity contribution is 0.0435.